The summed E-state index contributed by atoms with van der Waals surface area (Å²) in [6.45, 7) is 5.41. The molecule has 11 heteroatoms. The third-order valence-electron chi connectivity index (χ3n) is 7.10. The highest BCUT2D eigenvalue weighted by atomic mass is 16.4. The average molecular weight is 566 g/mol. The summed E-state index contributed by atoms with van der Waals surface area (Å²) in [5.74, 6) is -3.38. The number of aliphatic imine (C=N–C) groups is 1. The second kappa shape index (κ2) is 10.4. The van der Waals surface area contributed by atoms with Crippen molar-refractivity contribution in [2.24, 2.45) is 10.1 Å². The number of aromatic carboxylic acids is 2. The minimum atomic E-state index is -1.17. The van der Waals surface area contributed by atoms with Crippen LogP contribution in [0.1, 0.15) is 38.8 Å². The molecule has 0 aliphatic carbocycles. The number of carbonyl (C=O) groups is 4. The van der Waals surface area contributed by atoms with E-state index in [0.29, 0.717) is 11.3 Å². The van der Waals surface area contributed by atoms with Crippen LogP contribution in [-0.4, -0.2) is 59.6 Å². The van der Waals surface area contributed by atoms with Crippen molar-refractivity contribution in [1.29, 1.82) is 0 Å². The average Bonchev–Trinajstić information content (AvgIpc) is 3.29. The molecule has 2 heterocycles. The lowest BCUT2D eigenvalue weighted by Crippen LogP contribution is -2.47. The summed E-state index contributed by atoms with van der Waals surface area (Å²) >= 11 is 0. The van der Waals surface area contributed by atoms with Crippen LogP contribution in [0.4, 0.5) is 22.7 Å². The topological polar surface area (TPSA) is 143 Å². The monoisotopic (exact) mass is 565 g/mol. The molecule has 2 aliphatic heterocycles. The number of carboxylic acid groups (broad SMARTS) is 2. The van der Waals surface area contributed by atoms with E-state index < -0.39 is 23.8 Å². The van der Waals surface area contributed by atoms with Gasteiger partial charge in [-0.2, -0.15) is 5.01 Å². The number of hydrazone groups is 1. The van der Waals surface area contributed by atoms with Crippen LogP contribution in [0.2, 0.25) is 0 Å². The van der Waals surface area contributed by atoms with Crippen LogP contribution < -0.4 is 14.8 Å². The molecular weight excluding hydrogens is 538 g/mol. The molecule has 0 bridgehead atoms. The van der Waals surface area contributed by atoms with Crippen LogP contribution in [0, 0.1) is 13.8 Å². The number of amidine groups is 1. The molecule has 0 aromatic heterocycles. The predicted octanol–water partition coefficient (Wildman–Crippen LogP) is 4.56. The second-order valence-electron chi connectivity index (χ2n) is 10.2. The SMILES string of the molecule is CC1=C2C(=O)N(c3cccc(C(=O)O)c3)N=C2N(c2ccc(C(=O)O)cc2)C(=O)C1=Nc1c(C)cc(N(C)C)cc1C. The number of benzene rings is 3. The van der Waals surface area contributed by atoms with Gasteiger partial charge in [0.05, 0.1) is 33.8 Å². The Bertz CT molecular complexity index is 1760. The summed E-state index contributed by atoms with van der Waals surface area (Å²) in [5.41, 5.74) is 4.17. The zero-order valence-electron chi connectivity index (χ0n) is 23.5. The van der Waals surface area contributed by atoms with E-state index in [1.54, 1.807) is 13.0 Å². The van der Waals surface area contributed by atoms with E-state index >= 15 is 0 Å². The van der Waals surface area contributed by atoms with Crippen molar-refractivity contribution in [3.63, 3.8) is 0 Å². The fourth-order valence-corrected chi connectivity index (χ4v) is 4.91. The van der Waals surface area contributed by atoms with E-state index in [2.05, 4.69) is 5.10 Å². The van der Waals surface area contributed by atoms with E-state index in [4.69, 9.17) is 4.99 Å². The molecule has 0 saturated carbocycles. The lowest BCUT2D eigenvalue weighted by molar-refractivity contribution is -0.114. The molecule has 3 aromatic rings. The first-order valence-corrected chi connectivity index (χ1v) is 12.9. The zero-order chi connectivity index (χ0) is 30.5. The molecule has 11 nitrogen and oxygen atoms in total. The largest absolute Gasteiger partial charge is 0.478 e. The van der Waals surface area contributed by atoms with Crippen molar-refractivity contribution in [1.82, 2.24) is 0 Å². The van der Waals surface area contributed by atoms with Crippen LogP contribution in [0.3, 0.4) is 0 Å². The Hall–Kier alpha value is -5.58. The Morgan fingerprint density at radius 2 is 1.43 bits per heavy atom. The number of nitrogens with zero attached hydrogens (tertiary/aromatic N) is 5. The number of hydrogen-bond acceptors (Lipinski definition) is 7. The molecule has 0 fully saturated rings. The van der Waals surface area contributed by atoms with Crippen LogP contribution in [-0.2, 0) is 9.59 Å². The van der Waals surface area contributed by atoms with E-state index in [1.165, 1.54) is 47.4 Å². The molecule has 5 rings (SSSR count). The third-order valence-corrected chi connectivity index (χ3v) is 7.10. The normalized spacial score (nSPS) is 15.7. The molecule has 0 unspecified atom stereocenters. The molecule has 2 N–H and O–H groups in total. The molecule has 3 aromatic carbocycles. The second-order valence-corrected chi connectivity index (χ2v) is 10.2. The van der Waals surface area contributed by atoms with Gasteiger partial charge in [0.25, 0.3) is 11.8 Å². The molecule has 212 valence electrons. The zero-order valence-corrected chi connectivity index (χ0v) is 23.5. The van der Waals surface area contributed by atoms with E-state index in [1.807, 2.05) is 45.0 Å². The summed E-state index contributed by atoms with van der Waals surface area (Å²) in [4.78, 5) is 59.0. The van der Waals surface area contributed by atoms with Crippen molar-refractivity contribution in [2.75, 3.05) is 28.9 Å². The van der Waals surface area contributed by atoms with Gasteiger partial charge in [-0.05, 0) is 92.1 Å². The summed E-state index contributed by atoms with van der Waals surface area (Å²) in [6, 6.07) is 15.3. The Balaban J connectivity index is 1.72. The van der Waals surface area contributed by atoms with Gasteiger partial charge >= 0.3 is 11.9 Å². The van der Waals surface area contributed by atoms with Gasteiger partial charge in [0.1, 0.15) is 5.71 Å². The minimum absolute atomic E-state index is 0.0211. The van der Waals surface area contributed by atoms with Crippen LogP contribution >= 0.6 is 0 Å². The smallest absolute Gasteiger partial charge is 0.335 e. The van der Waals surface area contributed by atoms with Crippen LogP contribution in [0.25, 0.3) is 0 Å². The highest BCUT2D eigenvalue weighted by molar-refractivity contribution is 6.61. The van der Waals surface area contributed by atoms with Gasteiger partial charge in [-0.15, -0.1) is 5.10 Å². The molecule has 2 amide bonds. The number of carbonyl (C=O) groups excluding carboxylic acids is 2. The predicted molar refractivity (Wildman–Crippen MR) is 159 cm³/mol. The quantitative estimate of drug-likeness (QED) is 0.446. The van der Waals surface area contributed by atoms with Crippen molar-refractivity contribution in [2.45, 2.75) is 20.8 Å². The molecular formula is C31H27N5O6. The van der Waals surface area contributed by atoms with E-state index in [9.17, 15) is 29.4 Å². The van der Waals surface area contributed by atoms with Crippen molar-refractivity contribution in [3.05, 3.63) is 94.1 Å². The lowest BCUT2D eigenvalue weighted by atomic mass is 9.96. The first-order valence-electron chi connectivity index (χ1n) is 12.9. The van der Waals surface area contributed by atoms with Gasteiger partial charge in [0.2, 0.25) is 0 Å². The molecule has 0 atom stereocenters. The van der Waals surface area contributed by atoms with Crippen molar-refractivity contribution < 1.29 is 29.4 Å². The van der Waals surface area contributed by atoms with Crippen molar-refractivity contribution >= 4 is 58.0 Å². The number of amides is 2. The Morgan fingerprint density at radius 1 is 0.810 bits per heavy atom. The third kappa shape index (κ3) is 4.70. The van der Waals surface area contributed by atoms with Crippen LogP contribution in [0.15, 0.2) is 81.9 Å². The first kappa shape index (κ1) is 28.0. The Labute approximate surface area is 241 Å². The number of anilines is 3. The number of hydrogen-bond donors (Lipinski definition) is 2. The van der Waals surface area contributed by atoms with Gasteiger partial charge in [0.15, 0.2) is 5.84 Å². The van der Waals surface area contributed by atoms with Crippen molar-refractivity contribution in [3.8, 4) is 0 Å². The summed E-state index contributed by atoms with van der Waals surface area (Å²) in [7, 11) is 3.86. The van der Waals surface area contributed by atoms with E-state index in [-0.39, 0.29) is 39.6 Å². The molecule has 0 spiro atoms. The van der Waals surface area contributed by atoms with Gasteiger partial charge in [-0.3, -0.25) is 14.5 Å². The van der Waals surface area contributed by atoms with E-state index in [0.717, 1.165) is 21.8 Å². The first-order chi connectivity index (χ1) is 19.9. The van der Waals surface area contributed by atoms with Crippen LogP contribution in [0.5, 0.6) is 0 Å². The van der Waals surface area contributed by atoms with Gasteiger partial charge in [-0.1, -0.05) is 6.07 Å². The maximum atomic E-state index is 14.1. The standard InChI is InChI=1S/C31H27N5O6/c1-16-13-23(34(4)5)14-17(2)25(16)32-26-18(3)24-27(35(29(26)38)21-11-9-19(10-12-21)30(39)40)33-36(28(24)37)22-8-6-7-20(15-22)31(41)42/h6-15H,1-5H3,(H,39,40)(H,41,42). The van der Waals surface area contributed by atoms with Gasteiger partial charge in [-0.25, -0.2) is 14.6 Å². The fourth-order valence-electron chi connectivity index (χ4n) is 4.91. The number of aryl methyl sites for hydroxylation is 2. The number of fused-ring (bicyclic) bond motifs is 1. The Kier molecular flexibility index (Phi) is 6.95. The number of rotatable bonds is 6. The van der Waals surface area contributed by atoms with Gasteiger partial charge in [0, 0.05) is 19.8 Å². The van der Waals surface area contributed by atoms with Gasteiger partial charge < -0.3 is 15.1 Å². The maximum Gasteiger partial charge on any atom is 0.335 e. The highest BCUT2D eigenvalue weighted by Gasteiger charge is 2.45. The fraction of sp³-hybridized carbons (Fsp3) is 0.161. The number of carboxylic acids is 2. The summed E-state index contributed by atoms with van der Waals surface area (Å²) in [6.07, 6.45) is 0. The Morgan fingerprint density at radius 3 is 2.00 bits per heavy atom. The minimum Gasteiger partial charge on any atom is -0.478 e. The summed E-state index contributed by atoms with van der Waals surface area (Å²) in [5, 5.41) is 24.3. The summed E-state index contributed by atoms with van der Waals surface area (Å²) < 4.78 is 0. The molecule has 2 aliphatic rings. The molecule has 0 saturated heterocycles. The molecule has 42 heavy (non-hydrogen) atoms. The highest BCUT2D eigenvalue weighted by Crippen LogP contribution is 2.36. The maximum absolute atomic E-state index is 14.1. The lowest BCUT2D eigenvalue weighted by Gasteiger charge is -2.28. The molecule has 0 radical (unpaired) electrons.